The molecule has 1 heterocycles. The molecule has 0 atom stereocenters. The van der Waals surface area contributed by atoms with E-state index in [0.717, 1.165) is 38.6 Å². The number of urea groups is 1. The number of anilines is 1. The van der Waals surface area contributed by atoms with Crippen molar-refractivity contribution in [2.75, 3.05) is 37.6 Å². The maximum Gasteiger partial charge on any atom is 0.317 e. The fraction of sp³-hybridized carbons (Fsp3) is 0.562. The van der Waals surface area contributed by atoms with Gasteiger partial charge in [-0.25, -0.2) is 4.79 Å². The minimum absolute atomic E-state index is 0.112. The van der Waals surface area contributed by atoms with Crippen molar-refractivity contribution in [3.63, 3.8) is 0 Å². The summed E-state index contributed by atoms with van der Waals surface area (Å²) >= 11 is 0. The molecular weight excluding hydrogens is 250 g/mol. The number of nitrogens with zero attached hydrogens (tertiary/aromatic N) is 2. The molecule has 4 heteroatoms. The van der Waals surface area contributed by atoms with Crippen LogP contribution in [0.4, 0.5) is 10.5 Å². The van der Waals surface area contributed by atoms with Crippen molar-refractivity contribution in [3.8, 4) is 0 Å². The Hall–Kier alpha value is -1.71. The molecule has 0 spiro atoms. The smallest absolute Gasteiger partial charge is 0.317 e. The van der Waals surface area contributed by atoms with Gasteiger partial charge in [0.15, 0.2) is 0 Å². The van der Waals surface area contributed by atoms with Gasteiger partial charge < -0.3 is 15.1 Å². The summed E-state index contributed by atoms with van der Waals surface area (Å²) < 4.78 is 0. The van der Waals surface area contributed by atoms with Gasteiger partial charge >= 0.3 is 6.03 Å². The Morgan fingerprint density at radius 2 is 2.00 bits per heavy atom. The molecule has 1 aromatic carbocycles. The van der Waals surface area contributed by atoms with Gasteiger partial charge in [0.25, 0.3) is 0 Å². The highest BCUT2D eigenvalue weighted by Crippen LogP contribution is 2.27. The highest BCUT2D eigenvalue weighted by Gasteiger charge is 2.25. The molecule has 1 aromatic rings. The van der Waals surface area contributed by atoms with Gasteiger partial charge in [-0.05, 0) is 43.4 Å². The van der Waals surface area contributed by atoms with Crippen molar-refractivity contribution in [3.05, 3.63) is 29.8 Å². The predicted octanol–water partition coefficient (Wildman–Crippen LogP) is 2.24. The van der Waals surface area contributed by atoms with Crippen molar-refractivity contribution in [1.29, 1.82) is 0 Å². The van der Waals surface area contributed by atoms with E-state index in [9.17, 15) is 4.79 Å². The molecule has 3 rings (SSSR count). The summed E-state index contributed by atoms with van der Waals surface area (Å²) in [6.07, 6.45) is 2.56. The van der Waals surface area contributed by atoms with Gasteiger partial charge in [-0.15, -0.1) is 0 Å². The third-order valence-electron chi connectivity index (χ3n) is 4.17. The zero-order valence-corrected chi connectivity index (χ0v) is 12.1. The second-order valence-electron chi connectivity index (χ2n) is 5.94. The molecule has 1 aliphatic heterocycles. The van der Waals surface area contributed by atoms with Crippen LogP contribution in [0, 0.1) is 12.8 Å². The fourth-order valence-electron chi connectivity index (χ4n) is 2.66. The van der Waals surface area contributed by atoms with Crippen molar-refractivity contribution >= 4 is 11.7 Å². The minimum Gasteiger partial charge on any atom is -0.368 e. The van der Waals surface area contributed by atoms with Gasteiger partial charge in [-0.2, -0.15) is 0 Å². The summed E-state index contributed by atoms with van der Waals surface area (Å²) in [7, 11) is 0. The van der Waals surface area contributed by atoms with E-state index in [-0.39, 0.29) is 6.03 Å². The van der Waals surface area contributed by atoms with Gasteiger partial charge in [-0.1, -0.05) is 12.1 Å². The minimum atomic E-state index is 0.112. The molecular formula is C16H23N3O. The van der Waals surface area contributed by atoms with Gasteiger partial charge in [0, 0.05) is 38.4 Å². The van der Waals surface area contributed by atoms with Crippen LogP contribution < -0.4 is 10.2 Å². The average Bonchev–Trinajstić information content (AvgIpc) is 3.29. The van der Waals surface area contributed by atoms with Crippen molar-refractivity contribution in [1.82, 2.24) is 10.2 Å². The number of aryl methyl sites for hydroxylation is 1. The molecule has 4 nitrogen and oxygen atoms in total. The van der Waals surface area contributed by atoms with E-state index < -0.39 is 0 Å². The number of hydrogen-bond donors (Lipinski definition) is 1. The van der Waals surface area contributed by atoms with E-state index in [1.165, 1.54) is 24.1 Å². The van der Waals surface area contributed by atoms with E-state index in [1.54, 1.807) is 0 Å². The Morgan fingerprint density at radius 1 is 1.25 bits per heavy atom. The lowest BCUT2D eigenvalue weighted by atomic mass is 10.2. The Kier molecular flexibility index (Phi) is 3.81. The van der Waals surface area contributed by atoms with E-state index in [4.69, 9.17) is 0 Å². The molecule has 2 aliphatic rings. The average molecular weight is 273 g/mol. The van der Waals surface area contributed by atoms with Crippen LogP contribution in [0.15, 0.2) is 24.3 Å². The van der Waals surface area contributed by atoms with Crippen LogP contribution in [0.2, 0.25) is 0 Å². The Morgan fingerprint density at radius 3 is 2.65 bits per heavy atom. The number of benzene rings is 1. The largest absolute Gasteiger partial charge is 0.368 e. The maximum absolute atomic E-state index is 12.0. The number of carbonyl (C=O) groups excluding carboxylic acids is 1. The lowest BCUT2D eigenvalue weighted by Crippen LogP contribution is -2.52. The molecule has 0 aromatic heterocycles. The topological polar surface area (TPSA) is 35.6 Å². The highest BCUT2D eigenvalue weighted by molar-refractivity contribution is 5.74. The van der Waals surface area contributed by atoms with Crippen LogP contribution in [0.3, 0.4) is 0 Å². The van der Waals surface area contributed by atoms with Crippen molar-refractivity contribution in [2.24, 2.45) is 5.92 Å². The van der Waals surface area contributed by atoms with Crippen LogP contribution in [0.5, 0.6) is 0 Å². The first-order valence-corrected chi connectivity index (χ1v) is 7.57. The predicted molar refractivity (Wildman–Crippen MR) is 81.1 cm³/mol. The zero-order valence-electron chi connectivity index (χ0n) is 12.1. The van der Waals surface area contributed by atoms with Crippen LogP contribution in [-0.4, -0.2) is 43.7 Å². The van der Waals surface area contributed by atoms with Crippen LogP contribution in [0.1, 0.15) is 18.4 Å². The number of hydrogen-bond acceptors (Lipinski definition) is 2. The Bertz CT molecular complexity index is 476. The number of carbonyl (C=O) groups is 1. The first-order valence-electron chi connectivity index (χ1n) is 7.57. The van der Waals surface area contributed by atoms with Crippen LogP contribution in [-0.2, 0) is 0 Å². The van der Waals surface area contributed by atoms with Gasteiger partial charge in [0.05, 0.1) is 0 Å². The number of nitrogens with one attached hydrogen (secondary N) is 1. The molecule has 1 N–H and O–H groups in total. The monoisotopic (exact) mass is 273 g/mol. The molecule has 1 aliphatic carbocycles. The summed E-state index contributed by atoms with van der Waals surface area (Å²) in [6, 6.07) is 8.68. The third-order valence-corrected chi connectivity index (χ3v) is 4.17. The van der Waals surface area contributed by atoms with Crippen LogP contribution in [0.25, 0.3) is 0 Å². The summed E-state index contributed by atoms with van der Waals surface area (Å²) in [5.41, 5.74) is 2.55. The third kappa shape index (κ3) is 3.24. The molecule has 108 valence electrons. The summed E-state index contributed by atoms with van der Waals surface area (Å²) in [4.78, 5) is 16.3. The number of amides is 2. The number of piperazine rings is 1. The molecule has 1 saturated carbocycles. The van der Waals surface area contributed by atoms with E-state index in [0.29, 0.717) is 0 Å². The molecule has 0 radical (unpaired) electrons. The Labute approximate surface area is 120 Å². The quantitative estimate of drug-likeness (QED) is 0.916. The fourth-order valence-corrected chi connectivity index (χ4v) is 2.66. The summed E-state index contributed by atoms with van der Waals surface area (Å²) in [6.45, 7) is 6.43. The van der Waals surface area contributed by atoms with E-state index >= 15 is 0 Å². The van der Waals surface area contributed by atoms with Gasteiger partial charge in [-0.3, -0.25) is 0 Å². The second kappa shape index (κ2) is 5.73. The zero-order chi connectivity index (χ0) is 13.9. The van der Waals surface area contributed by atoms with Crippen molar-refractivity contribution in [2.45, 2.75) is 19.8 Å². The van der Waals surface area contributed by atoms with Gasteiger partial charge in [0.1, 0.15) is 0 Å². The number of rotatable bonds is 3. The lowest BCUT2D eigenvalue weighted by Gasteiger charge is -2.36. The first kappa shape index (κ1) is 13.3. The molecule has 2 amide bonds. The van der Waals surface area contributed by atoms with E-state index in [1.807, 2.05) is 4.90 Å². The Balaban J connectivity index is 1.49. The van der Waals surface area contributed by atoms with E-state index in [2.05, 4.69) is 41.4 Å². The summed E-state index contributed by atoms with van der Waals surface area (Å²) in [5.74, 6) is 0.743. The van der Waals surface area contributed by atoms with Crippen LogP contribution >= 0.6 is 0 Å². The maximum atomic E-state index is 12.0. The SMILES string of the molecule is Cc1cccc(N2CCN(C(=O)NCC3CC3)CC2)c1. The molecule has 20 heavy (non-hydrogen) atoms. The second-order valence-corrected chi connectivity index (χ2v) is 5.94. The molecule has 0 bridgehead atoms. The summed E-state index contributed by atoms with van der Waals surface area (Å²) in [5, 5.41) is 3.05. The van der Waals surface area contributed by atoms with Gasteiger partial charge in [0.2, 0.25) is 0 Å². The first-order chi connectivity index (χ1) is 9.72. The highest BCUT2D eigenvalue weighted by atomic mass is 16.2. The molecule has 2 fully saturated rings. The molecule has 0 unspecified atom stereocenters. The van der Waals surface area contributed by atoms with Crippen molar-refractivity contribution < 1.29 is 4.79 Å². The molecule has 1 saturated heterocycles. The normalized spacial score (nSPS) is 19.1. The standard InChI is InChI=1S/C16H23N3O/c1-13-3-2-4-15(11-13)18-7-9-19(10-8-18)16(20)17-12-14-5-6-14/h2-4,11,14H,5-10,12H2,1H3,(H,17,20). The lowest BCUT2D eigenvalue weighted by molar-refractivity contribution is 0.194.